The zero-order valence-electron chi connectivity index (χ0n) is 10.4. The van der Waals surface area contributed by atoms with E-state index in [4.69, 9.17) is 11.0 Å². The number of aliphatic hydroxyl groups excluding tert-OH is 1. The average molecular weight is 276 g/mol. The van der Waals surface area contributed by atoms with E-state index >= 15 is 0 Å². The molecule has 0 saturated carbocycles. The number of nitrogens with two attached hydrogens (primary N) is 1. The topological polar surface area (TPSA) is 133 Å². The summed E-state index contributed by atoms with van der Waals surface area (Å²) in [5.41, 5.74) is 5.50. The van der Waals surface area contributed by atoms with Crippen LogP contribution >= 0.6 is 0 Å². The number of β-amino-alcohol motifs (C(OH)–C–C–N with tert-alkyl or cyclic N) is 1. The third-order valence-corrected chi connectivity index (χ3v) is 3.23. The number of carbonyl (C=O) groups excluding carboxylic acids is 1. The zero-order chi connectivity index (χ0) is 14.9. The second-order valence-corrected chi connectivity index (χ2v) is 4.53. The van der Waals surface area contributed by atoms with Gasteiger partial charge in [0.15, 0.2) is 0 Å². The summed E-state index contributed by atoms with van der Waals surface area (Å²) in [5.74, 6) is -0.608. The average Bonchev–Trinajstić information content (AvgIpc) is 2.80. The molecule has 2 atom stereocenters. The van der Waals surface area contributed by atoms with Gasteiger partial charge in [-0.1, -0.05) is 0 Å². The van der Waals surface area contributed by atoms with Crippen LogP contribution in [0.3, 0.4) is 0 Å². The lowest BCUT2D eigenvalue weighted by Gasteiger charge is -2.24. The molecule has 0 spiro atoms. The summed E-state index contributed by atoms with van der Waals surface area (Å²) in [7, 11) is 0. The highest BCUT2D eigenvalue weighted by molar-refractivity contribution is 5.85. The third kappa shape index (κ3) is 2.39. The van der Waals surface area contributed by atoms with E-state index in [2.05, 4.69) is 0 Å². The van der Waals surface area contributed by atoms with Crippen LogP contribution in [0.25, 0.3) is 0 Å². The van der Waals surface area contributed by atoms with Crippen molar-refractivity contribution in [1.29, 1.82) is 5.26 Å². The monoisotopic (exact) mass is 276 g/mol. The van der Waals surface area contributed by atoms with Crippen molar-refractivity contribution in [2.45, 2.75) is 18.6 Å². The number of nitriles is 1. The fourth-order valence-electron chi connectivity index (χ4n) is 2.33. The Bertz CT molecular complexity index is 610. The van der Waals surface area contributed by atoms with Crippen molar-refractivity contribution in [2.24, 2.45) is 5.73 Å². The molecule has 2 rings (SSSR count). The summed E-state index contributed by atoms with van der Waals surface area (Å²) >= 11 is 0. The summed E-state index contributed by atoms with van der Waals surface area (Å²) in [4.78, 5) is 23.0. The minimum Gasteiger partial charge on any atom is -0.391 e. The first-order valence-corrected chi connectivity index (χ1v) is 5.86. The minimum atomic E-state index is -0.728. The maximum absolute atomic E-state index is 11.4. The Kier molecular flexibility index (Phi) is 3.54. The molecule has 3 N–H and O–H groups in total. The van der Waals surface area contributed by atoms with Crippen LogP contribution in [0.2, 0.25) is 0 Å². The van der Waals surface area contributed by atoms with Crippen LogP contribution in [0, 0.1) is 21.4 Å². The molecule has 0 radical (unpaired) electrons. The molecule has 1 aromatic rings. The van der Waals surface area contributed by atoms with Crippen LogP contribution in [0.1, 0.15) is 12.0 Å². The summed E-state index contributed by atoms with van der Waals surface area (Å²) in [6.45, 7) is 0.153. The number of rotatable bonds is 3. The summed E-state index contributed by atoms with van der Waals surface area (Å²) < 4.78 is 0. The number of non-ortho nitro benzene ring substituents is 1. The first-order valence-electron chi connectivity index (χ1n) is 5.86. The van der Waals surface area contributed by atoms with Gasteiger partial charge in [0.05, 0.1) is 22.3 Å². The molecule has 1 aromatic carbocycles. The van der Waals surface area contributed by atoms with E-state index in [1.807, 2.05) is 6.07 Å². The van der Waals surface area contributed by atoms with Gasteiger partial charge in [-0.25, -0.2) is 0 Å². The maximum atomic E-state index is 11.4. The van der Waals surface area contributed by atoms with E-state index in [0.29, 0.717) is 5.69 Å². The number of anilines is 1. The molecule has 0 bridgehead atoms. The SMILES string of the molecule is N#Cc1cc([N+](=O)[O-])ccc1N1C[C@@H](O)C[C@H]1C(N)=O. The van der Waals surface area contributed by atoms with Crippen LogP contribution < -0.4 is 10.6 Å². The molecule has 0 unspecified atom stereocenters. The van der Waals surface area contributed by atoms with Crippen LogP contribution in [0.4, 0.5) is 11.4 Å². The van der Waals surface area contributed by atoms with Crippen molar-refractivity contribution in [1.82, 2.24) is 0 Å². The van der Waals surface area contributed by atoms with Gasteiger partial charge in [0.25, 0.3) is 5.69 Å². The highest BCUT2D eigenvalue weighted by Gasteiger charge is 2.36. The quantitative estimate of drug-likeness (QED) is 0.584. The second-order valence-electron chi connectivity index (χ2n) is 4.53. The van der Waals surface area contributed by atoms with Crippen molar-refractivity contribution in [2.75, 3.05) is 11.4 Å². The van der Waals surface area contributed by atoms with Crippen molar-refractivity contribution in [3.63, 3.8) is 0 Å². The number of nitrogens with zero attached hydrogens (tertiary/aromatic N) is 3. The van der Waals surface area contributed by atoms with E-state index in [-0.39, 0.29) is 24.2 Å². The number of primary amides is 1. The van der Waals surface area contributed by atoms with Crippen molar-refractivity contribution in [3.8, 4) is 6.07 Å². The van der Waals surface area contributed by atoms with E-state index in [1.54, 1.807) is 0 Å². The predicted octanol–water partition coefficient (Wildman–Crippen LogP) is -0.109. The Morgan fingerprint density at radius 2 is 2.30 bits per heavy atom. The maximum Gasteiger partial charge on any atom is 0.270 e. The number of amides is 1. The summed E-state index contributed by atoms with van der Waals surface area (Å²) in [6, 6.07) is 4.92. The number of nitro benzene ring substituents is 1. The number of carbonyl (C=O) groups is 1. The molecular formula is C12H12N4O4. The number of hydrogen-bond donors (Lipinski definition) is 2. The molecule has 1 amide bonds. The smallest absolute Gasteiger partial charge is 0.270 e. The Morgan fingerprint density at radius 1 is 1.60 bits per heavy atom. The first kappa shape index (κ1) is 13.8. The van der Waals surface area contributed by atoms with Crippen LogP contribution in [-0.4, -0.2) is 34.6 Å². The van der Waals surface area contributed by atoms with E-state index in [0.717, 1.165) is 6.07 Å². The Balaban J connectivity index is 2.44. The molecule has 1 aliphatic rings. The molecular weight excluding hydrogens is 264 g/mol. The highest BCUT2D eigenvalue weighted by Crippen LogP contribution is 2.30. The van der Waals surface area contributed by atoms with Crippen LogP contribution in [-0.2, 0) is 4.79 Å². The van der Waals surface area contributed by atoms with Gasteiger partial charge in [-0.15, -0.1) is 0 Å². The highest BCUT2D eigenvalue weighted by atomic mass is 16.6. The fourth-order valence-corrected chi connectivity index (χ4v) is 2.33. The van der Waals surface area contributed by atoms with Crippen molar-refractivity contribution >= 4 is 17.3 Å². The predicted molar refractivity (Wildman–Crippen MR) is 68.8 cm³/mol. The van der Waals surface area contributed by atoms with Crippen molar-refractivity contribution < 1.29 is 14.8 Å². The summed E-state index contributed by atoms with van der Waals surface area (Å²) in [6.07, 6.45) is -0.550. The lowest BCUT2D eigenvalue weighted by Crippen LogP contribution is -2.40. The van der Waals surface area contributed by atoms with Gasteiger partial charge >= 0.3 is 0 Å². The molecule has 1 aliphatic heterocycles. The van der Waals surface area contributed by atoms with Crippen LogP contribution in [0.15, 0.2) is 18.2 Å². The van der Waals surface area contributed by atoms with Gasteiger partial charge in [-0.2, -0.15) is 5.26 Å². The molecule has 8 heteroatoms. The summed E-state index contributed by atoms with van der Waals surface area (Å²) in [5, 5.41) is 29.4. The zero-order valence-corrected chi connectivity index (χ0v) is 10.4. The van der Waals surface area contributed by atoms with E-state index < -0.39 is 23.0 Å². The second kappa shape index (κ2) is 5.14. The lowest BCUT2D eigenvalue weighted by atomic mass is 10.1. The van der Waals surface area contributed by atoms with Gasteiger partial charge in [0.2, 0.25) is 5.91 Å². The molecule has 104 valence electrons. The molecule has 1 heterocycles. The van der Waals surface area contributed by atoms with Gasteiger partial charge in [0, 0.05) is 25.1 Å². The largest absolute Gasteiger partial charge is 0.391 e. The van der Waals surface area contributed by atoms with Crippen LogP contribution in [0.5, 0.6) is 0 Å². The molecule has 1 saturated heterocycles. The van der Waals surface area contributed by atoms with Gasteiger partial charge < -0.3 is 15.7 Å². The fraction of sp³-hybridized carbons (Fsp3) is 0.333. The van der Waals surface area contributed by atoms with Gasteiger partial charge in [-0.05, 0) is 6.07 Å². The Hall–Kier alpha value is -2.66. The Morgan fingerprint density at radius 3 is 2.85 bits per heavy atom. The van der Waals surface area contributed by atoms with E-state index in [1.165, 1.54) is 17.0 Å². The first-order chi connectivity index (χ1) is 9.43. The molecule has 0 aromatic heterocycles. The standard InChI is InChI=1S/C12H12N4O4/c13-5-7-3-8(16(19)20)1-2-10(7)15-6-9(17)4-11(15)12(14)18/h1-3,9,11,17H,4,6H2,(H2,14,18)/t9-,11-/m0/s1. The van der Waals surface area contributed by atoms with Crippen molar-refractivity contribution in [3.05, 3.63) is 33.9 Å². The number of benzene rings is 1. The minimum absolute atomic E-state index is 0.0690. The Labute approximate surface area is 114 Å². The number of nitro groups is 1. The molecule has 8 nitrogen and oxygen atoms in total. The molecule has 0 aliphatic carbocycles. The lowest BCUT2D eigenvalue weighted by molar-refractivity contribution is -0.384. The van der Waals surface area contributed by atoms with Gasteiger partial charge in [0.1, 0.15) is 12.1 Å². The van der Waals surface area contributed by atoms with E-state index in [9.17, 15) is 20.0 Å². The third-order valence-electron chi connectivity index (χ3n) is 3.23. The molecule has 20 heavy (non-hydrogen) atoms. The number of hydrogen-bond acceptors (Lipinski definition) is 6. The van der Waals surface area contributed by atoms with Gasteiger partial charge in [-0.3, -0.25) is 14.9 Å². The normalized spacial score (nSPS) is 21.5. The molecule has 1 fully saturated rings. The number of aliphatic hydroxyl groups is 1.